The van der Waals surface area contributed by atoms with Crippen LogP contribution in [0.4, 0.5) is 5.69 Å². The van der Waals surface area contributed by atoms with E-state index in [9.17, 15) is 25.2 Å². The third kappa shape index (κ3) is 8.87. The van der Waals surface area contributed by atoms with E-state index in [1.807, 2.05) is 43.3 Å². The summed E-state index contributed by atoms with van der Waals surface area (Å²) in [6, 6.07) is 20.0. The molecule has 1 aliphatic heterocycles. The number of benzene rings is 4. The molecule has 5 aromatic rings. The fourth-order valence-corrected chi connectivity index (χ4v) is 6.64. The number of aromatic nitrogens is 1. The smallest absolute Gasteiger partial charge is 0.255 e. The van der Waals surface area contributed by atoms with Crippen molar-refractivity contribution in [3.8, 4) is 45.6 Å². The number of rotatable bonds is 18. The van der Waals surface area contributed by atoms with Crippen LogP contribution in [0.2, 0.25) is 0 Å². The molecule has 6 rings (SSSR count). The van der Waals surface area contributed by atoms with Gasteiger partial charge >= 0.3 is 0 Å². The number of aliphatic hydroxyl groups excluding tert-OH is 4. The fraction of sp³-hybridized carbons (Fsp3) is 0.333. The van der Waals surface area contributed by atoms with Crippen LogP contribution in [0.25, 0.3) is 22.6 Å². The van der Waals surface area contributed by atoms with Gasteiger partial charge in [-0.15, -0.1) is 0 Å². The largest absolute Gasteiger partial charge is 0.493 e. The van der Waals surface area contributed by atoms with Crippen molar-refractivity contribution in [3.05, 3.63) is 106 Å². The Kier molecular flexibility index (Phi) is 12.9. The number of amides is 1. The summed E-state index contributed by atoms with van der Waals surface area (Å²) in [5.41, 5.74) is 7.11. The molecule has 0 aliphatic carbocycles. The molecule has 0 spiro atoms. The molecular formula is C42H47N3O10. The van der Waals surface area contributed by atoms with Crippen LogP contribution in [0.3, 0.4) is 0 Å². The highest BCUT2D eigenvalue weighted by atomic mass is 16.5. The molecule has 6 N–H and O–H groups in total. The molecule has 1 aromatic heterocycles. The Morgan fingerprint density at radius 2 is 1.36 bits per heavy atom. The van der Waals surface area contributed by atoms with Gasteiger partial charge in [-0.3, -0.25) is 4.79 Å². The van der Waals surface area contributed by atoms with Crippen molar-refractivity contribution in [3.63, 3.8) is 0 Å². The maximum absolute atomic E-state index is 12.7. The minimum atomic E-state index is -0.420. The van der Waals surface area contributed by atoms with Crippen molar-refractivity contribution in [2.24, 2.45) is 0 Å². The van der Waals surface area contributed by atoms with Crippen LogP contribution in [0, 0.1) is 6.92 Å². The van der Waals surface area contributed by atoms with Gasteiger partial charge in [-0.2, -0.15) is 0 Å². The van der Waals surface area contributed by atoms with Gasteiger partial charge in [-0.1, -0.05) is 22.9 Å². The van der Waals surface area contributed by atoms with E-state index in [4.69, 9.17) is 23.5 Å². The summed E-state index contributed by atoms with van der Waals surface area (Å²) in [6.07, 6.45) is 3.01. The summed E-state index contributed by atoms with van der Waals surface area (Å²) in [5, 5.41) is 50.0. The summed E-state index contributed by atoms with van der Waals surface area (Å²) in [5.74, 6) is 2.31. The van der Waals surface area contributed by atoms with Crippen molar-refractivity contribution in [2.45, 2.75) is 65.2 Å². The molecule has 55 heavy (non-hydrogen) atoms. The predicted molar refractivity (Wildman–Crippen MR) is 205 cm³/mol. The highest BCUT2D eigenvalue weighted by Gasteiger charge is 2.25. The lowest BCUT2D eigenvalue weighted by Gasteiger charge is -2.29. The fourth-order valence-electron chi connectivity index (χ4n) is 6.64. The number of nitrogens with zero attached hydrogens (tertiary/aromatic N) is 1. The average Bonchev–Trinajstić information content (AvgIpc) is 3.72. The molecule has 1 unspecified atom stereocenters. The summed E-state index contributed by atoms with van der Waals surface area (Å²) in [4.78, 5) is 12.7. The normalized spacial score (nSPS) is 13.5. The third-order valence-electron chi connectivity index (χ3n) is 9.61. The number of carbonyl (C=O) groups is 1. The first-order chi connectivity index (χ1) is 26.8. The maximum Gasteiger partial charge on any atom is 0.255 e. The molecule has 0 saturated carbocycles. The second-order valence-electron chi connectivity index (χ2n) is 13.3. The molecule has 1 aliphatic rings. The van der Waals surface area contributed by atoms with Gasteiger partial charge in [0.05, 0.1) is 59.4 Å². The average molecular weight is 754 g/mol. The number of carbonyl (C=O) groups excluding carboxylic acids is 1. The maximum atomic E-state index is 12.7. The first kappa shape index (κ1) is 39.1. The van der Waals surface area contributed by atoms with E-state index in [-0.39, 0.29) is 32.3 Å². The number of aryl methyl sites for hydroxylation is 1. The number of fused-ring (bicyclic) bond motifs is 1. The van der Waals surface area contributed by atoms with Gasteiger partial charge in [-0.05, 0) is 103 Å². The molecule has 2 heterocycles. The van der Waals surface area contributed by atoms with Gasteiger partial charge in [0.15, 0.2) is 17.3 Å². The molecular weight excluding hydrogens is 706 g/mol. The Balaban J connectivity index is 0.992. The van der Waals surface area contributed by atoms with Gasteiger partial charge in [0.1, 0.15) is 17.6 Å². The van der Waals surface area contributed by atoms with E-state index in [1.165, 1.54) is 0 Å². The number of ether oxygens (including phenoxy) is 4. The number of aliphatic hydroxyl groups is 4. The molecule has 0 bridgehead atoms. The van der Waals surface area contributed by atoms with Crippen LogP contribution in [0.1, 0.15) is 75.6 Å². The van der Waals surface area contributed by atoms with Crippen LogP contribution >= 0.6 is 0 Å². The van der Waals surface area contributed by atoms with Crippen molar-refractivity contribution in [1.82, 2.24) is 10.5 Å². The Labute approximate surface area is 319 Å². The zero-order valence-electron chi connectivity index (χ0n) is 31.2. The molecule has 1 atom stereocenters. The van der Waals surface area contributed by atoms with E-state index in [0.717, 1.165) is 42.5 Å². The SMILES string of the molecule is COc1cc(-c2cc(-c3cc(CO)c(CO)c(CO)c3)no2)cc(OC)c1OCCCCCCOc1ccc(C2NC(=O)c3cc(C)ccc3N2)cc1CO. The predicted octanol–water partition coefficient (Wildman–Crippen LogP) is 6.18. The minimum Gasteiger partial charge on any atom is -0.493 e. The number of hydrogen-bond acceptors (Lipinski definition) is 12. The van der Waals surface area contributed by atoms with E-state index in [1.54, 1.807) is 44.6 Å². The molecule has 13 heteroatoms. The van der Waals surface area contributed by atoms with E-state index in [2.05, 4.69) is 15.8 Å². The third-order valence-corrected chi connectivity index (χ3v) is 9.61. The second kappa shape index (κ2) is 18.2. The molecule has 0 saturated heterocycles. The van der Waals surface area contributed by atoms with Gasteiger partial charge in [0.25, 0.3) is 5.91 Å². The second-order valence-corrected chi connectivity index (χ2v) is 13.3. The Morgan fingerprint density at radius 1 is 0.691 bits per heavy atom. The zero-order chi connectivity index (χ0) is 38.9. The van der Waals surface area contributed by atoms with Crippen LogP contribution in [-0.4, -0.2) is 58.9 Å². The molecule has 0 radical (unpaired) electrons. The first-order valence-electron chi connectivity index (χ1n) is 18.2. The first-order valence-corrected chi connectivity index (χ1v) is 18.2. The standard InChI is InChI=1S/C42H47N3O10/c1-25-8-10-34-32(14-25)42(50)44-41(43-34)26-9-11-36(31(15-26)23-48)53-12-6-4-5-7-13-54-40-38(51-2)18-28(19-39(40)52-3)37-20-35(45-55-37)27-16-29(21-46)33(24-49)30(17-27)22-47/h8-11,14-20,41,43,46-49H,4-7,12-13,21-24H2,1-3H3,(H,44,50). The molecule has 4 aromatic carbocycles. The minimum absolute atomic E-state index is 0.144. The lowest BCUT2D eigenvalue weighted by molar-refractivity contribution is 0.0935. The van der Waals surface area contributed by atoms with Gasteiger partial charge in [0, 0.05) is 28.4 Å². The summed E-state index contributed by atoms with van der Waals surface area (Å²) < 4.78 is 29.1. The topological polar surface area (TPSA) is 185 Å². The molecule has 290 valence electrons. The van der Waals surface area contributed by atoms with Crippen molar-refractivity contribution in [2.75, 3.05) is 32.8 Å². The number of methoxy groups -OCH3 is 2. The number of hydrogen-bond donors (Lipinski definition) is 6. The van der Waals surface area contributed by atoms with Crippen molar-refractivity contribution < 1.29 is 48.7 Å². The van der Waals surface area contributed by atoms with Crippen LogP contribution in [0.15, 0.2) is 71.3 Å². The zero-order valence-corrected chi connectivity index (χ0v) is 31.2. The highest BCUT2D eigenvalue weighted by Crippen LogP contribution is 2.42. The Morgan fingerprint density at radius 3 is 2.00 bits per heavy atom. The molecule has 1 amide bonds. The summed E-state index contributed by atoms with van der Waals surface area (Å²) in [6.45, 7) is 1.79. The number of unbranched alkanes of at least 4 members (excludes halogenated alkanes) is 3. The molecule has 13 nitrogen and oxygen atoms in total. The summed E-state index contributed by atoms with van der Waals surface area (Å²) in [7, 11) is 3.10. The lowest BCUT2D eigenvalue weighted by atomic mass is 9.97. The van der Waals surface area contributed by atoms with Gasteiger partial charge in [-0.25, -0.2) is 0 Å². The van der Waals surface area contributed by atoms with Gasteiger partial charge < -0.3 is 54.5 Å². The molecule has 0 fully saturated rings. The van der Waals surface area contributed by atoms with Gasteiger partial charge in [0.2, 0.25) is 5.75 Å². The lowest BCUT2D eigenvalue weighted by Crippen LogP contribution is -2.38. The summed E-state index contributed by atoms with van der Waals surface area (Å²) >= 11 is 0. The Hall–Kier alpha value is -5.60. The van der Waals surface area contributed by atoms with E-state index < -0.39 is 6.17 Å². The quantitative estimate of drug-likeness (QED) is 0.0560. The number of nitrogens with one attached hydrogen (secondary N) is 2. The monoisotopic (exact) mass is 753 g/mol. The van der Waals surface area contributed by atoms with Crippen LogP contribution in [0.5, 0.6) is 23.0 Å². The van der Waals surface area contributed by atoms with E-state index >= 15 is 0 Å². The Bertz CT molecular complexity index is 2060. The number of anilines is 1. The van der Waals surface area contributed by atoms with Crippen LogP contribution in [-0.2, 0) is 26.4 Å². The van der Waals surface area contributed by atoms with E-state index in [0.29, 0.717) is 86.6 Å². The van der Waals surface area contributed by atoms with Crippen LogP contribution < -0.4 is 29.6 Å². The highest BCUT2D eigenvalue weighted by molar-refractivity contribution is 6.01. The van der Waals surface area contributed by atoms with Crippen molar-refractivity contribution in [1.29, 1.82) is 0 Å². The van der Waals surface area contributed by atoms with Crippen molar-refractivity contribution >= 4 is 11.6 Å².